The predicted octanol–water partition coefficient (Wildman–Crippen LogP) is 6.57. The highest BCUT2D eigenvalue weighted by atomic mass is 16.7. The molecule has 4 saturated carbocycles. The van der Waals surface area contributed by atoms with Crippen LogP contribution in [0, 0.1) is 17.3 Å². The molecule has 6 aliphatic rings. The van der Waals surface area contributed by atoms with Gasteiger partial charge in [0, 0.05) is 30.6 Å². The molecule has 0 bridgehead atoms. The minimum Gasteiger partial charge on any atom is -0.385 e. The second kappa shape index (κ2) is 8.51. The van der Waals surface area contributed by atoms with Gasteiger partial charge in [0.1, 0.15) is 5.78 Å². The Balaban J connectivity index is 1.29. The van der Waals surface area contributed by atoms with E-state index in [0.29, 0.717) is 43.2 Å². The van der Waals surface area contributed by atoms with Crippen LogP contribution in [0.1, 0.15) is 113 Å². The quantitative estimate of drug-likeness (QED) is 0.476. The van der Waals surface area contributed by atoms with Crippen molar-refractivity contribution in [2.75, 3.05) is 13.2 Å². The Bertz CT molecular complexity index is 1060. The molecule has 1 heterocycles. The molecule has 1 aliphatic heterocycles. The normalized spacial score (nSPS) is 40.3. The number of ether oxygens (including phenoxy) is 2. The van der Waals surface area contributed by atoms with E-state index < -0.39 is 11.4 Å². The van der Waals surface area contributed by atoms with E-state index in [-0.39, 0.29) is 11.3 Å². The average Bonchev–Trinajstić information content (AvgIpc) is 3.47. The predicted molar refractivity (Wildman–Crippen MR) is 139 cm³/mol. The molecule has 5 aliphatic carbocycles. The maximum Gasteiger partial charge on any atom is 0.171 e. The van der Waals surface area contributed by atoms with E-state index in [1.165, 1.54) is 54.4 Å². The molecule has 1 N–H and O–H groups in total. The summed E-state index contributed by atoms with van der Waals surface area (Å²) in [7, 11) is 0. The highest BCUT2D eigenvalue weighted by Crippen LogP contribution is 2.64. The zero-order chi connectivity index (χ0) is 24.5. The first-order chi connectivity index (χ1) is 17.4. The molecule has 4 heteroatoms. The van der Waals surface area contributed by atoms with Crippen LogP contribution in [0.25, 0.3) is 0 Å². The van der Waals surface area contributed by atoms with Crippen molar-refractivity contribution in [1.29, 1.82) is 0 Å². The minimum atomic E-state index is -0.842. The zero-order valence-electron chi connectivity index (χ0n) is 21.9. The molecule has 36 heavy (non-hydrogen) atoms. The Kier molecular flexibility index (Phi) is 5.58. The Morgan fingerprint density at radius 3 is 2.36 bits per heavy atom. The van der Waals surface area contributed by atoms with Crippen molar-refractivity contribution in [2.45, 2.75) is 114 Å². The molecular formula is C32H42O4. The third-order valence-electron chi connectivity index (χ3n) is 11.4. The van der Waals surface area contributed by atoms with Gasteiger partial charge in [-0.15, -0.1) is 0 Å². The van der Waals surface area contributed by atoms with Crippen LogP contribution in [0.2, 0.25) is 0 Å². The summed E-state index contributed by atoms with van der Waals surface area (Å²) in [6, 6.07) is 9.48. The lowest BCUT2D eigenvalue weighted by Crippen LogP contribution is -2.53. The van der Waals surface area contributed by atoms with Gasteiger partial charge in [-0.25, -0.2) is 0 Å². The smallest absolute Gasteiger partial charge is 0.171 e. The van der Waals surface area contributed by atoms with Crippen molar-refractivity contribution in [2.24, 2.45) is 17.3 Å². The number of carbonyl (C=O) groups is 1. The summed E-state index contributed by atoms with van der Waals surface area (Å²) in [4.78, 5) is 13.3. The first-order valence-electron chi connectivity index (χ1n) is 14.8. The fraction of sp³-hybridized carbons (Fsp3) is 0.719. The van der Waals surface area contributed by atoms with Crippen LogP contribution in [0.5, 0.6) is 0 Å². The number of hydrogen-bond donors (Lipinski definition) is 1. The molecule has 1 aromatic rings. The van der Waals surface area contributed by atoms with Crippen molar-refractivity contribution in [3.63, 3.8) is 0 Å². The molecular weight excluding hydrogens is 448 g/mol. The number of fused-ring (bicyclic) bond motifs is 4. The molecule has 3 unspecified atom stereocenters. The van der Waals surface area contributed by atoms with Crippen molar-refractivity contribution < 1.29 is 19.4 Å². The van der Waals surface area contributed by atoms with Crippen molar-refractivity contribution in [3.05, 3.63) is 46.5 Å². The number of carbonyl (C=O) groups excluding carboxylic acids is 1. The van der Waals surface area contributed by atoms with E-state index >= 15 is 0 Å². The maximum atomic E-state index is 13.3. The molecule has 0 radical (unpaired) electrons. The van der Waals surface area contributed by atoms with Crippen LogP contribution in [0.15, 0.2) is 35.4 Å². The van der Waals surface area contributed by atoms with Gasteiger partial charge in [-0.1, -0.05) is 56.0 Å². The summed E-state index contributed by atoms with van der Waals surface area (Å²) in [5.41, 5.74) is 4.51. The van der Waals surface area contributed by atoms with Crippen LogP contribution >= 0.6 is 0 Å². The lowest BCUT2D eigenvalue weighted by Gasteiger charge is -2.55. The largest absolute Gasteiger partial charge is 0.385 e. The first-order valence-corrected chi connectivity index (χ1v) is 14.8. The first kappa shape index (κ1) is 23.6. The van der Waals surface area contributed by atoms with Crippen molar-refractivity contribution in [1.82, 2.24) is 0 Å². The lowest BCUT2D eigenvalue weighted by atomic mass is 9.51. The summed E-state index contributed by atoms with van der Waals surface area (Å²) >= 11 is 0. The van der Waals surface area contributed by atoms with Gasteiger partial charge in [0.05, 0.1) is 18.8 Å². The Morgan fingerprint density at radius 1 is 0.889 bits per heavy atom. The molecule has 0 amide bonds. The van der Waals surface area contributed by atoms with E-state index in [1.807, 2.05) is 0 Å². The topological polar surface area (TPSA) is 55.8 Å². The molecule has 194 valence electrons. The molecule has 5 fully saturated rings. The Hall–Kier alpha value is -1.49. The molecule has 4 nitrogen and oxygen atoms in total. The minimum absolute atomic E-state index is 0.222. The number of hydrogen-bond acceptors (Lipinski definition) is 4. The SMILES string of the molecule is C[C@]12CC(c3ccc(C4CCCCC4)cc3)C3=C4CCC5(C[C@]4(O)CCC3C1CCC2=O)OCCO5. The summed E-state index contributed by atoms with van der Waals surface area (Å²) in [5.74, 6) is 1.62. The van der Waals surface area contributed by atoms with E-state index in [0.717, 1.165) is 44.9 Å². The summed E-state index contributed by atoms with van der Waals surface area (Å²) in [6.07, 6.45) is 13.3. The van der Waals surface area contributed by atoms with Gasteiger partial charge >= 0.3 is 0 Å². The third-order valence-corrected chi connectivity index (χ3v) is 11.4. The van der Waals surface area contributed by atoms with E-state index in [4.69, 9.17) is 9.47 Å². The third kappa shape index (κ3) is 3.54. The van der Waals surface area contributed by atoms with Gasteiger partial charge in [0.25, 0.3) is 0 Å². The Labute approximate surface area is 215 Å². The maximum absolute atomic E-state index is 13.3. The highest BCUT2D eigenvalue weighted by molar-refractivity contribution is 5.87. The standard InChI is InChI=1S/C32H42O4/c1-30-19-25(23-9-7-22(8-10-23)21-5-3-2-4-6-21)29-24(26(30)11-12-28(30)33)13-15-31(34)20-32(16-14-27(29)31)35-17-18-36-32/h7-10,21,24-26,34H,2-6,11-20H2,1H3/t24?,25?,26?,30-,31+/m0/s1. The summed E-state index contributed by atoms with van der Waals surface area (Å²) in [6.45, 7) is 3.51. The van der Waals surface area contributed by atoms with Crippen molar-refractivity contribution in [3.8, 4) is 0 Å². The number of rotatable bonds is 2. The second-order valence-corrected chi connectivity index (χ2v) is 13.1. The van der Waals surface area contributed by atoms with E-state index in [2.05, 4.69) is 31.2 Å². The number of aliphatic hydroxyl groups is 1. The van der Waals surface area contributed by atoms with E-state index in [9.17, 15) is 9.90 Å². The molecule has 5 atom stereocenters. The number of ketones is 1. The fourth-order valence-electron chi connectivity index (χ4n) is 9.52. The molecule has 7 rings (SSSR count). The second-order valence-electron chi connectivity index (χ2n) is 13.1. The van der Waals surface area contributed by atoms with E-state index in [1.54, 1.807) is 0 Å². The van der Waals surface area contributed by atoms with Gasteiger partial charge in [-0.2, -0.15) is 0 Å². The number of allylic oxidation sites excluding steroid dienone is 1. The van der Waals surface area contributed by atoms with Gasteiger partial charge in [-0.3, -0.25) is 4.79 Å². The summed E-state index contributed by atoms with van der Waals surface area (Å²) < 4.78 is 12.1. The van der Waals surface area contributed by atoms with Gasteiger partial charge in [0.15, 0.2) is 5.79 Å². The van der Waals surface area contributed by atoms with Gasteiger partial charge in [-0.05, 0) is 79.4 Å². The van der Waals surface area contributed by atoms with Crippen LogP contribution in [-0.4, -0.2) is 35.5 Å². The van der Waals surface area contributed by atoms with Crippen LogP contribution in [-0.2, 0) is 14.3 Å². The molecule has 0 aromatic heterocycles. The lowest BCUT2D eigenvalue weighted by molar-refractivity contribution is -0.208. The van der Waals surface area contributed by atoms with Crippen molar-refractivity contribution >= 4 is 5.78 Å². The zero-order valence-corrected chi connectivity index (χ0v) is 21.9. The number of benzene rings is 1. The monoisotopic (exact) mass is 490 g/mol. The van der Waals surface area contributed by atoms with Crippen LogP contribution in [0.4, 0.5) is 0 Å². The fourth-order valence-corrected chi connectivity index (χ4v) is 9.52. The van der Waals surface area contributed by atoms with Gasteiger partial charge < -0.3 is 14.6 Å². The van der Waals surface area contributed by atoms with Crippen LogP contribution in [0.3, 0.4) is 0 Å². The molecule has 1 aromatic carbocycles. The highest BCUT2D eigenvalue weighted by Gasteiger charge is 2.60. The molecule has 1 saturated heterocycles. The number of Topliss-reactive ketones (excluding diaryl/α,β-unsaturated/α-hetero) is 1. The average molecular weight is 491 g/mol. The van der Waals surface area contributed by atoms with Gasteiger partial charge in [0.2, 0.25) is 0 Å². The molecule has 1 spiro atoms. The van der Waals surface area contributed by atoms with Crippen LogP contribution < -0.4 is 0 Å². The Morgan fingerprint density at radius 2 is 1.61 bits per heavy atom. The summed E-state index contributed by atoms with van der Waals surface area (Å²) in [5, 5.41) is 12.1.